The molecule has 20 heavy (non-hydrogen) atoms. The van der Waals surface area contributed by atoms with Crippen molar-refractivity contribution in [2.75, 3.05) is 0 Å². The van der Waals surface area contributed by atoms with Gasteiger partial charge in [0.05, 0.1) is 10.0 Å². The van der Waals surface area contributed by atoms with Gasteiger partial charge in [-0.3, -0.25) is 9.59 Å². The van der Waals surface area contributed by atoms with Gasteiger partial charge in [0.2, 0.25) is 0 Å². The topological polar surface area (TPSA) is 43.4 Å². The molecule has 0 unspecified atom stereocenters. The number of ketones is 1. The van der Waals surface area contributed by atoms with Crippen LogP contribution in [0.1, 0.15) is 22.8 Å². The molecule has 2 aromatic carbocycles. The van der Waals surface area contributed by atoms with Crippen molar-refractivity contribution in [3.05, 3.63) is 63.6 Å². The Bertz CT molecular complexity index is 681. The van der Waals surface area contributed by atoms with Crippen molar-refractivity contribution in [3.8, 4) is 5.75 Å². The number of carbonyl (C=O) groups excluding carboxylic acids is 2. The summed E-state index contributed by atoms with van der Waals surface area (Å²) in [4.78, 5) is 23.2. The number of halogens is 2. The first-order valence-electron chi connectivity index (χ1n) is 5.75. The summed E-state index contributed by atoms with van der Waals surface area (Å²) in [7, 11) is 0. The van der Waals surface area contributed by atoms with Crippen LogP contribution in [0.5, 0.6) is 5.75 Å². The predicted octanol–water partition coefficient (Wildman–Crippen LogP) is 4.15. The van der Waals surface area contributed by atoms with E-state index >= 15 is 0 Å². The van der Waals surface area contributed by atoms with Crippen LogP contribution in [0.3, 0.4) is 0 Å². The first-order chi connectivity index (χ1) is 9.47. The van der Waals surface area contributed by atoms with Crippen molar-refractivity contribution in [1.82, 2.24) is 0 Å². The van der Waals surface area contributed by atoms with Gasteiger partial charge in [0.15, 0.2) is 5.78 Å². The van der Waals surface area contributed by atoms with E-state index in [1.807, 2.05) is 0 Å². The number of benzene rings is 2. The molecule has 0 amide bonds. The monoisotopic (exact) mass is 308 g/mol. The second kappa shape index (κ2) is 6.07. The summed E-state index contributed by atoms with van der Waals surface area (Å²) < 4.78 is 4.95. The van der Waals surface area contributed by atoms with E-state index in [0.29, 0.717) is 26.9 Å². The SMILES string of the molecule is CC(=O)Oc1cccc(C(=O)c2ccc(Cl)c(Cl)c2)c1. The van der Waals surface area contributed by atoms with Crippen molar-refractivity contribution in [2.45, 2.75) is 6.92 Å². The third-order valence-corrected chi connectivity index (χ3v) is 3.28. The summed E-state index contributed by atoms with van der Waals surface area (Å²) in [5, 5.41) is 0.700. The quantitative estimate of drug-likeness (QED) is 0.486. The Labute approximate surface area is 126 Å². The molecule has 0 bridgehead atoms. The number of esters is 1. The zero-order chi connectivity index (χ0) is 14.7. The zero-order valence-corrected chi connectivity index (χ0v) is 12.0. The molecule has 0 N–H and O–H groups in total. The molecule has 0 aromatic heterocycles. The van der Waals surface area contributed by atoms with Crippen LogP contribution in [0.2, 0.25) is 10.0 Å². The summed E-state index contributed by atoms with van der Waals surface area (Å²) in [5.74, 6) is -0.342. The van der Waals surface area contributed by atoms with Gasteiger partial charge in [-0.15, -0.1) is 0 Å². The molecular formula is C15H10Cl2O3. The van der Waals surface area contributed by atoms with Gasteiger partial charge in [0.25, 0.3) is 0 Å². The van der Waals surface area contributed by atoms with Crippen LogP contribution in [-0.4, -0.2) is 11.8 Å². The number of hydrogen-bond acceptors (Lipinski definition) is 3. The van der Waals surface area contributed by atoms with Crippen molar-refractivity contribution in [3.63, 3.8) is 0 Å². The minimum Gasteiger partial charge on any atom is -0.427 e. The van der Waals surface area contributed by atoms with Gasteiger partial charge in [-0.2, -0.15) is 0 Å². The first kappa shape index (κ1) is 14.6. The Morgan fingerprint density at radius 3 is 2.30 bits per heavy atom. The summed E-state index contributed by atoms with van der Waals surface area (Å²) in [6.45, 7) is 1.30. The maximum absolute atomic E-state index is 12.3. The fourth-order valence-corrected chi connectivity index (χ4v) is 1.97. The summed E-state index contributed by atoms with van der Waals surface area (Å²) in [6, 6.07) is 11.0. The van der Waals surface area contributed by atoms with Crippen LogP contribution >= 0.6 is 23.2 Å². The molecule has 2 rings (SSSR count). The van der Waals surface area contributed by atoms with Crippen LogP contribution in [-0.2, 0) is 4.79 Å². The Balaban J connectivity index is 2.33. The average molecular weight is 309 g/mol. The third-order valence-electron chi connectivity index (χ3n) is 2.54. The van der Waals surface area contributed by atoms with E-state index in [4.69, 9.17) is 27.9 Å². The molecule has 0 aliphatic rings. The molecular weight excluding hydrogens is 299 g/mol. The van der Waals surface area contributed by atoms with Crippen LogP contribution in [0.15, 0.2) is 42.5 Å². The van der Waals surface area contributed by atoms with E-state index in [1.165, 1.54) is 19.1 Å². The number of ether oxygens (including phenoxy) is 1. The minimum atomic E-state index is -0.441. The van der Waals surface area contributed by atoms with E-state index < -0.39 is 5.97 Å². The second-order valence-corrected chi connectivity index (χ2v) is 4.89. The van der Waals surface area contributed by atoms with E-state index in [9.17, 15) is 9.59 Å². The number of hydrogen-bond donors (Lipinski definition) is 0. The minimum absolute atomic E-state index is 0.224. The lowest BCUT2D eigenvalue weighted by Gasteiger charge is -2.05. The van der Waals surface area contributed by atoms with Gasteiger partial charge >= 0.3 is 5.97 Å². The van der Waals surface area contributed by atoms with Gasteiger partial charge in [-0.1, -0.05) is 35.3 Å². The smallest absolute Gasteiger partial charge is 0.308 e. The van der Waals surface area contributed by atoms with Gasteiger partial charge < -0.3 is 4.74 Å². The molecule has 0 saturated heterocycles. The summed E-state index contributed by atoms with van der Waals surface area (Å²) in [6.07, 6.45) is 0. The fourth-order valence-electron chi connectivity index (χ4n) is 1.67. The highest BCUT2D eigenvalue weighted by Crippen LogP contribution is 2.24. The molecule has 0 aliphatic heterocycles. The van der Waals surface area contributed by atoms with Crippen molar-refractivity contribution in [2.24, 2.45) is 0 Å². The van der Waals surface area contributed by atoms with Crippen LogP contribution < -0.4 is 4.74 Å². The van der Waals surface area contributed by atoms with Crippen LogP contribution in [0.25, 0.3) is 0 Å². The maximum Gasteiger partial charge on any atom is 0.308 e. The molecule has 0 saturated carbocycles. The Morgan fingerprint density at radius 1 is 0.950 bits per heavy atom. The summed E-state index contributed by atoms with van der Waals surface area (Å²) >= 11 is 11.7. The van der Waals surface area contributed by atoms with Crippen molar-refractivity contribution in [1.29, 1.82) is 0 Å². The molecule has 0 heterocycles. The molecule has 2 aromatic rings. The van der Waals surface area contributed by atoms with Crippen molar-refractivity contribution < 1.29 is 14.3 Å². The molecule has 0 radical (unpaired) electrons. The third kappa shape index (κ3) is 3.38. The molecule has 0 atom stereocenters. The van der Waals surface area contributed by atoms with E-state index in [2.05, 4.69) is 0 Å². The zero-order valence-electron chi connectivity index (χ0n) is 10.5. The van der Waals surface area contributed by atoms with Gasteiger partial charge in [0.1, 0.15) is 5.75 Å². The van der Waals surface area contributed by atoms with Crippen LogP contribution in [0, 0.1) is 0 Å². The number of carbonyl (C=O) groups is 2. The van der Waals surface area contributed by atoms with Crippen LogP contribution in [0.4, 0.5) is 0 Å². The molecule has 102 valence electrons. The largest absolute Gasteiger partial charge is 0.427 e. The maximum atomic E-state index is 12.3. The molecule has 0 aliphatic carbocycles. The first-order valence-corrected chi connectivity index (χ1v) is 6.51. The molecule has 3 nitrogen and oxygen atoms in total. The fraction of sp³-hybridized carbons (Fsp3) is 0.0667. The summed E-state index contributed by atoms with van der Waals surface area (Å²) in [5.41, 5.74) is 0.821. The lowest BCUT2D eigenvalue weighted by atomic mass is 10.0. The van der Waals surface area contributed by atoms with Gasteiger partial charge in [0, 0.05) is 18.1 Å². The van der Waals surface area contributed by atoms with Gasteiger partial charge in [-0.25, -0.2) is 0 Å². The Hall–Kier alpha value is -1.84. The van der Waals surface area contributed by atoms with E-state index in [1.54, 1.807) is 30.3 Å². The molecule has 0 fully saturated rings. The normalized spacial score (nSPS) is 10.2. The lowest BCUT2D eigenvalue weighted by Crippen LogP contribution is -2.04. The highest BCUT2D eigenvalue weighted by Gasteiger charge is 2.12. The van der Waals surface area contributed by atoms with Gasteiger partial charge in [-0.05, 0) is 30.3 Å². The highest BCUT2D eigenvalue weighted by atomic mass is 35.5. The molecule has 0 spiro atoms. The highest BCUT2D eigenvalue weighted by molar-refractivity contribution is 6.42. The number of rotatable bonds is 3. The molecule has 5 heteroatoms. The second-order valence-electron chi connectivity index (χ2n) is 4.08. The predicted molar refractivity (Wildman–Crippen MR) is 77.6 cm³/mol. The Kier molecular flexibility index (Phi) is 4.42. The van der Waals surface area contributed by atoms with Crippen molar-refractivity contribution >= 4 is 35.0 Å². The van der Waals surface area contributed by atoms with E-state index in [0.717, 1.165) is 0 Å². The Morgan fingerprint density at radius 2 is 1.65 bits per heavy atom. The average Bonchev–Trinajstić information content (AvgIpc) is 2.40. The van der Waals surface area contributed by atoms with E-state index in [-0.39, 0.29) is 5.78 Å². The lowest BCUT2D eigenvalue weighted by molar-refractivity contribution is -0.131. The standard InChI is InChI=1S/C15H10Cl2O3/c1-9(18)20-12-4-2-3-10(7-12)15(19)11-5-6-13(16)14(17)8-11/h2-8H,1H3.